The number of hydrogen-bond donors (Lipinski definition) is 3. The van der Waals surface area contributed by atoms with Gasteiger partial charge in [0.25, 0.3) is 0 Å². The fourth-order valence-corrected chi connectivity index (χ4v) is 3.85. The van der Waals surface area contributed by atoms with Crippen molar-refractivity contribution in [2.24, 2.45) is 0 Å². The molecule has 0 spiro atoms. The number of methoxy groups -OCH3 is 1. The van der Waals surface area contributed by atoms with E-state index >= 15 is 0 Å². The Balaban J connectivity index is 1.34. The van der Waals surface area contributed by atoms with E-state index in [-0.39, 0.29) is 6.03 Å². The van der Waals surface area contributed by atoms with E-state index in [1.807, 2.05) is 25.1 Å². The molecule has 3 N–H and O–H groups in total. The number of piperidine rings is 1. The van der Waals surface area contributed by atoms with Crippen molar-refractivity contribution in [3.05, 3.63) is 54.9 Å². The summed E-state index contributed by atoms with van der Waals surface area (Å²) < 4.78 is 11.4. The van der Waals surface area contributed by atoms with Gasteiger partial charge < -0.3 is 30.3 Å². The van der Waals surface area contributed by atoms with Crippen LogP contribution in [0.2, 0.25) is 0 Å². The standard InChI is InChI=1S/C25H30N6O3/c1-3-26-23-16-24(28-17-27-23)34-20-10-7-18(8-11-20)29-25(32)30-19-9-12-21(22(15-19)33-2)31-13-5-4-6-14-31/h7-12,15-17H,3-6,13-14H2,1-2H3,(H,26,27,28)(H2,29,30,32). The van der Waals surface area contributed by atoms with Crippen LogP contribution >= 0.6 is 0 Å². The highest BCUT2D eigenvalue weighted by molar-refractivity contribution is 6.00. The van der Waals surface area contributed by atoms with E-state index in [2.05, 4.69) is 30.8 Å². The highest BCUT2D eigenvalue weighted by atomic mass is 16.5. The number of hydrogen-bond acceptors (Lipinski definition) is 7. The Labute approximate surface area is 199 Å². The van der Waals surface area contributed by atoms with E-state index < -0.39 is 0 Å². The van der Waals surface area contributed by atoms with Crippen LogP contribution in [0.25, 0.3) is 0 Å². The second kappa shape index (κ2) is 11.2. The summed E-state index contributed by atoms with van der Waals surface area (Å²) >= 11 is 0. The predicted molar refractivity (Wildman–Crippen MR) is 134 cm³/mol. The van der Waals surface area contributed by atoms with Gasteiger partial charge in [0.1, 0.15) is 23.6 Å². The Hall–Kier alpha value is -4.01. The van der Waals surface area contributed by atoms with E-state index in [9.17, 15) is 4.79 Å². The van der Waals surface area contributed by atoms with Crippen LogP contribution in [-0.4, -0.2) is 42.7 Å². The van der Waals surface area contributed by atoms with Crippen LogP contribution in [0.4, 0.5) is 27.7 Å². The quantitative estimate of drug-likeness (QED) is 0.415. The maximum Gasteiger partial charge on any atom is 0.323 e. The number of rotatable bonds is 8. The summed E-state index contributed by atoms with van der Waals surface area (Å²) in [6.45, 7) is 4.80. The van der Waals surface area contributed by atoms with Gasteiger partial charge >= 0.3 is 6.03 Å². The Bertz CT molecular complexity index is 1100. The van der Waals surface area contributed by atoms with Crippen molar-refractivity contribution in [2.75, 3.05) is 47.6 Å². The molecule has 0 radical (unpaired) electrons. The maximum atomic E-state index is 12.5. The molecule has 4 rings (SSSR count). The van der Waals surface area contributed by atoms with Gasteiger partial charge in [-0.25, -0.2) is 14.8 Å². The Morgan fingerprint density at radius 2 is 1.71 bits per heavy atom. The summed E-state index contributed by atoms with van der Waals surface area (Å²) in [6, 6.07) is 14.2. The maximum absolute atomic E-state index is 12.5. The number of anilines is 4. The van der Waals surface area contributed by atoms with Crippen molar-refractivity contribution in [2.45, 2.75) is 26.2 Å². The number of ether oxygens (including phenoxy) is 2. The van der Waals surface area contributed by atoms with Crippen LogP contribution < -0.4 is 30.3 Å². The number of carbonyl (C=O) groups is 1. The second-order valence-corrected chi connectivity index (χ2v) is 7.91. The normalized spacial score (nSPS) is 13.2. The van der Waals surface area contributed by atoms with Crippen molar-refractivity contribution in [3.8, 4) is 17.4 Å². The lowest BCUT2D eigenvalue weighted by Gasteiger charge is -2.30. The van der Waals surface area contributed by atoms with Gasteiger partial charge in [0.15, 0.2) is 0 Å². The fraction of sp³-hybridized carbons (Fsp3) is 0.320. The zero-order chi connectivity index (χ0) is 23.8. The molecule has 0 saturated carbocycles. The Morgan fingerprint density at radius 3 is 2.44 bits per heavy atom. The van der Waals surface area contributed by atoms with Gasteiger partial charge in [0.2, 0.25) is 5.88 Å². The van der Waals surface area contributed by atoms with Crippen molar-refractivity contribution in [1.82, 2.24) is 9.97 Å². The summed E-state index contributed by atoms with van der Waals surface area (Å²) in [5, 5.41) is 8.81. The summed E-state index contributed by atoms with van der Waals surface area (Å²) in [5.74, 6) is 2.49. The SMILES string of the molecule is CCNc1cc(Oc2ccc(NC(=O)Nc3ccc(N4CCCCC4)c(OC)c3)cc2)ncn1. The predicted octanol–water partition coefficient (Wildman–Crippen LogP) is 5.34. The van der Waals surface area contributed by atoms with E-state index in [4.69, 9.17) is 9.47 Å². The lowest BCUT2D eigenvalue weighted by molar-refractivity contribution is 0.262. The average molecular weight is 463 g/mol. The highest BCUT2D eigenvalue weighted by Crippen LogP contribution is 2.33. The first-order chi connectivity index (χ1) is 16.6. The average Bonchev–Trinajstić information content (AvgIpc) is 2.86. The van der Waals surface area contributed by atoms with E-state index in [1.54, 1.807) is 37.4 Å². The molecule has 2 heterocycles. The van der Waals surface area contributed by atoms with Crippen LogP contribution in [0.15, 0.2) is 54.9 Å². The highest BCUT2D eigenvalue weighted by Gasteiger charge is 2.16. The van der Waals surface area contributed by atoms with E-state index in [1.165, 1.54) is 25.6 Å². The van der Waals surface area contributed by atoms with Crippen LogP contribution in [-0.2, 0) is 0 Å². The minimum Gasteiger partial charge on any atom is -0.495 e. The Morgan fingerprint density at radius 1 is 0.971 bits per heavy atom. The molecule has 0 atom stereocenters. The van der Waals surface area contributed by atoms with Gasteiger partial charge in [-0.1, -0.05) is 0 Å². The van der Waals surface area contributed by atoms with Gasteiger partial charge in [-0.3, -0.25) is 0 Å². The summed E-state index contributed by atoms with van der Waals surface area (Å²) in [6.07, 6.45) is 5.09. The number of nitrogens with one attached hydrogen (secondary N) is 3. The lowest BCUT2D eigenvalue weighted by atomic mass is 10.1. The number of benzene rings is 2. The fourth-order valence-electron chi connectivity index (χ4n) is 3.85. The van der Waals surface area contributed by atoms with Crippen molar-refractivity contribution in [3.63, 3.8) is 0 Å². The summed E-state index contributed by atoms with van der Waals surface area (Å²) in [5.41, 5.74) is 2.36. The molecule has 2 amide bonds. The first-order valence-corrected chi connectivity index (χ1v) is 11.5. The molecule has 1 aromatic heterocycles. The van der Waals surface area contributed by atoms with E-state index in [0.717, 1.165) is 31.1 Å². The topological polar surface area (TPSA) is 101 Å². The molecule has 0 unspecified atom stereocenters. The third-order valence-corrected chi connectivity index (χ3v) is 5.47. The smallest absolute Gasteiger partial charge is 0.323 e. The van der Waals surface area contributed by atoms with Gasteiger partial charge in [0.05, 0.1) is 12.8 Å². The minimum absolute atomic E-state index is 0.340. The summed E-state index contributed by atoms with van der Waals surface area (Å²) in [4.78, 5) is 23.1. The second-order valence-electron chi connectivity index (χ2n) is 7.91. The van der Waals surface area contributed by atoms with Crippen LogP contribution in [0.5, 0.6) is 17.4 Å². The van der Waals surface area contributed by atoms with Gasteiger partial charge in [-0.05, 0) is 62.6 Å². The number of aromatic nitrogens is 2. The molecule has 178 valence electrons. The molecule has 9 nitrogen and oxygen atoms in total. The van der Waals surface area contributed by atoms with Crippen LogP contribution in [0.3, 0.4) is 0 Å². The first-order valence-electron chi connectivity index (χ1n) is 11.5. The van der Waals surface area contributed by atoms with Gasteiger partial charge in [-0.2, -0.15) is 0 Å². The van der Waals surface area contributed by atoms with Gasteiger partial charge in [0, 0.05) is 43.1 Å². The molecular weight excluding hydrogens is 432 g/mol. The number of nitrogens with zero attached hydrogens (tertiary/aromatic N) is 3. The monoisotopic (exact) mass is 462 g/mol. The molecule has 34 heavy (non-hydrogen) atoms. The first kappa shape index (κ1) is 23.2. The van der Waals surface area contributed by atoms with Crippen molar-refractivity contribution < 1.29 is 14.3 Å². The van der Waals surface area contributed by atoms with E-state index in [0.29, 0.717) is 28.8 Å². The number of amides is 2. The molecular formula is C25H30N6O3. The Kier molecular flexibility index (Phi) is 7.64. The molecule has 9 heteroatoms. The molecule has 0 bridgehead atoms. The zero-order valence-electron chi connectivity index (χ0n) is 19.5. The number of urea groups is 1. The molecule has 1 fully saturated rings. The largest absolute Gasteiger partial charge is 0.495 e. The third-order valence-electron chi connectivity index (χ3n) is 5.47. The molecule has 1 aliphatic rings. The third kappa shape index (κ3) is 6.06. The molecule has 1 aliphatic heterocycles. The van der Waals surface area contributed by atoms with Crippen LogP contribution in [0, 0.1) is 0 Å². The molecule has 1 saturated heterocycles. The molecule has 2 aromatic carbocycles. The van der Waals surface area contributed by atoms with Crippen molar-refractivity contribution >= 4 is 28.9 Å². The minimum atomic E-state index is -0.340. The zero-order valence-corrected chi connectivity index (χ0v) is 19.5. The number of carbonyl (C=O) groups excluding carboxylic acids is 1. The van der Waals surface area contributed by atoms with Crippen molar-refractivity contribution in [1.29, 1.82) is 0 Å². The summed E-state index contributed by atoms with van der Waals surface area (Å²) in [7, 11) is 1.65. The van der Waals surface area contributed by atoms with Gasteiger partial charge in [-0.15, -0.1) is 0 Å². The molecule has 3 aromatic rings. The molecule has 0 aliphatic carbocycles. The lowest BCUT2D eigenvalue weighted by Crippen LogP contribution is -2.29. The van der Waals surface area contributed by atoms with Crippen LogP contribution in [0.1, 0.15) is 26.2 Å².